The predicted molar refractivity (Wildman–Crippen MR) is 111 cm³/mol. The van der Waals surface area contributed by atoms with Gasteiger partial charge in [0.05, 0.1) is 0 Å². The van der Waals surface area contributed by atoms with Crippen molar-refractivity contribution < 1.29 is 0 Å². The van der Waals surface area contributed by atoms with E-state index in [-0.39, 0.29) is 0 Å². The number of aryl methyl sites for hydroxylation is 1. The van der Waals surface area contributed by atoms with Crippen LogP contribution in [0.25, 0.3) is 22.2 Å². The Kier molecular flexibility index (Phi) is 5.30. The summed E-state index contributed by atoms with van der Waals surface area (Å²) in [6.45, 7) is 5.92. The molecule has 0 amide bonds. The van der Waals surface area contributed by atoms with Crippen molar-refractivity contribution in [1.29, 1.82) is 0 Å². The molecule has 136 valence electrons. The number of likely N-dealkylation sites (N-methyl/N-ethyl adjacent to an activating group) is 1. The summed E-state index contributed by atoms with van der Waals surface area (Å²) in [7, 11) is 2.21. The van der Waals surface area contributed by atoms with E-state index in [1.165, 1.54) is 66.9 Å². The van der Waals surface area contributed by atoms with E-state index in [4.69, 9.17) is 11.6 Å². The SMILES string of the molecule is CN1CCN(CCCc2c(-c3ccc(Cl)cc3)[nH]c3ccccc23)CC1. The van der Waals surface area contributed by atoms with Crippen LogP contribution >= 0.6 is 11.6 Å². The van der Waals surface area contributed by atoms with Crippen LogP contribution in [0.15, 0.2) is 48.5 Å². The summed E-state index contributed by atoms with van der Waals surface area (Å²) < 4.78 is 0. The minimum Gasteiger partial charge on any atom is -0.354 e. The maximum absolute atomic E-state index is 6.08. The van der Waals surface area contributed by atoms with Gasteiger partial charge in [0.25, 0.3) is 0 Å². The molecule has 3 aromatic rings. The van der Waals surface area contributed by atoms with Crippen molar-refractivity contribution in [1.82, 2.24) is 14.8 Å². The maximum atomic E-state index is 6.08. The number of aromatic nitrogens is 1. The molecule has 1 aliphatic heterocycles. The summed E-state index contributed by atoms with van der Waals surface area (Å²) in [6, 6.07) is 16.8. The number of para-hydroxylation sites is 1. The second-order valence-corrected chi connectivity index (χ2v) is 7.72. The molecule has 4 heteroatoms. The number of aromatic amines is 1. The molecule has 4 rings (SSSR count). The second-order valence-electron chi connectivity index (χ2n) is 7.28. The largest absolute Gasteiger partial charge is 0.354 e. The van der Waals surface area contributed by atoms with Gasteiger partial charge in [0.2, 0.25) is 0 Å². The summed E-state index contributed by atoms with van der Waals surface area (Å²) in [4.78, 5) is 8.64. The Morgan fingerprint density at radius 3 is 2.46 bits per heavy atom. The maximum Gasteiger partial charge on any atom is 0.0497 e. The van der Waals surface area contributed by atoms with Gasteiger partial charge < -0.3 is 14.8 Å². The molecule has 1 saturated heterocycles. The second kappa shape index (κ2) is 7.83. The Hall–Kier alpha value is -1.81. The Balaban J connectivity index is 1.55. The first kappa shape index (κ1) is 17.6. The standard InChI is InChI=1S/C22H26ClN3/c1-25-13-15-26(16-14-25)12-4-6-20-19-5-2-3-7-21(19)24-22(20)17-8-10-18(23)11-9-17/h2-3,5,7-11,24H,4,6,12-16H2,1H3. The molecule has 0 atom stereocenters. The molecule has 3 nitrogen and oxygen atoms in total. The Bertz CT molecular complexity index is 861. The lowest BCUT2D eigenvalue weighted by Gasteiger charge is -2.32. The van der Waals surface area contributed by atoms with Crippen molar-refractivity contribution in [3.63, 3.8) is 0 Å². The monoisotopic (exact) mass is 367 g/mol. The van der Waals surface area contributed by atoms with E-state index < -0.39 is 0 Å². The van der Waals surface area contributed by atoms with Gasteiger partial charge in [-0.2, -0.15) is 0 Å². The van der Waals surface area contributed by atoms with Crippen LogP contribution in [0.4, 0.5) is 0 Å². The summed E-state index contributed by atoms with van der Waals surface area (Å²) >= 11 is 6.08. The zero-order valence-electron chi connectivity index (χ0n) is 15.3. The number of hydrogen-bond acceptors (Lipinski definition) is 2. The molecule has 2 aromatic carbocycles. The van der Waals surface area contributed by atoms with E-state index >= 15 is 0 Å². The van der Waals surface area contributed by atoms with Crippen molar-refractivity contribution in [2.24, 2.45) is 0 Å². The number of hydrogen-bond donors (Lipinski definition) is 1. The number of fused-ring (bicyclic) bond motifs is 1. The smallest absolute Gasteiger partial charge is 0.0497 e. The van der Waals surface area contributed by atoms with Crippen molar-refractivity contribution in [3.05, 3.63) is 59.1 Å². The predicted octanol–water partition coefficient (Wildman–Crippen LogP) is 4.67. The van der Waals surface area contributed by atoms with Gasteiger partial charge in [0.15, 0.2) is 0 Å². The lowest BCUT2D eigenvalue weighted by atomic mass is 10.0. The van der Waals surface area contributed by atoms with E-state index in [2.05, 4.69) is 58.2 Å². The van der Waals surface area contributed by atoms with E-state index in [0.717, 1.165) is 11.4 Å². The van der Waals surface area contributed by atoms with Crippen molar-refractivity contribution in [3.8, 4) is 11.3 Å². The third-order valence-electron chi connectivity index (χ3n) is 5.44. The molecule has 2 heterocycles. The third kappa shape index (κ3) is 3.80. The average molecular weight is 368 g/mol. The van der Waals surface area contributed by atoms with Gasteiger partial charge in [-0.3, -0.25) is 0 Å². The van der Waals surface area contributed by atoms with Crippen molar-refractivity contribution >= 4 is 22.5 Å². The highest BCUT2D eigenvalue weighted by Crippen LogP contribution is 2.32. The normalized spacial score (nSPS) is 16.4. The van der Waals surface area contributed by atoms with Gasteiger partial charge in [-0.1, -0.05) is 41.9 Å². The molecule has 0 bridgehead atoms. The molecular weight excluding hydrogens is 342 g/mol. The van der Waals surface area contributed by atoms with E-state index in [0.29, 0.717) is 0 Å². The number of piperazine rings is 1. The van der Waals surface area contributed by atoms with Crippen molar-refractivity contribution in [2.75, 3.05) is 39.8 Å². The number of nitrogens with one attached hydrogen (secondary N) is 1. The first-order valence-electron chi connectivity index (χ1n) is 9.47. The molecule has 1 aliphatic rings. The molecule has 0 aliphatic carbocycles. The lowest BCUT2D eigenvalue weighted by Crippen LogP contribution is -2.44. The average Bonchev–Trinajstić information content (AvgIpc) is 3.03. The number of benzene rings is 2. The Morgan fingerprint density at radius 2 is 1.69 bits per heavy atom. The summed E-state index contributed by atoms with van der Waals surface area (Å²) in [5.74, 6) is 0. The fourth-order valence-corrected chi connectivity index (χ4v) is 4.00. The number of nitrogens with zero attached hydrogens (tertiary/aromatic N) is 2. The lowest BCUT2D eigenvalue weighted by molar-refractivity contribution is 0.153. The molecule has 1 fully saturated rings. The van der Waals surface area contributed by atoms with Crippen LogP contribution in [0.5, 0.6) is 0 Å². The molecule has 0 unspecified atom stereocenters. The zero-order chi connectivity index (χ0) is 17.9. The highest BCUT2D eigenvalue weighted by atomic mass is 35.5. The van der Waals surface area contributed by atoms with Gasteiger partial charge in [0.1, 0.15) is 0 Å². The van der Waals surface area contributed by atoms with Crippen LogP contribution < -0.4 is 0 Å². The summed E-state index contributed by atoms with van der Waals surface area (Å²) in [6.07, 6.45) is 2.28. The number of rotatable bonds is 5. The molecule has 0 radical (unpaired) electrons. The van der Waals surface area contributed by atoms with Gasteiger partial charge in [0, 0.05) is 47.8 Å². The molecular formula is C22H26ClN3. The van der Waals surface area contributed by atoms with Crippen LogP contribution in [0.3, 0.4) is 0 Å². The summed E-state index contributed by atoms with van der Waals surface area (Å²) in [5, 5.41) is 2.12. The molecule has 0 saturated carbocycles. The number of H-pyrrole nitrogens is 1. The van der Waals surface area contributed by atoms with Crippen LogP contribution in [0.1, 0.15) is 12.0 Å². The van der Waals surface area contributed by atoms with E-state index in [1.54, 1.807) is 0 Å². The minimum atomic E-state index is 0.779. The highest BCUT2D eigenvalue weighted by Gasteiger charge is 2.16. The number of halogens is 1. The fraction of sp³-hybridized carbons (Fsp3) is 0.364. The van der Waals surface area contributed by atoms with Gasteiger partial charge >= 0.3 is 0 Å². The zero-order valence-corrected chi connectivity index (χ0v) is 16.1. The van der Waals surface area contributed by atoms with E-state index in [9.17, 15) is 0 Å². The quantitative estimate of drug-likeness (QED) is 0.708. The molecule has 1 aromatic heterocycles. The molecule has 0 spiro atoms. The summed E-state index contributed by atoms with van der Waals surface area (Å²) in [5.41, 5.74) is 5.09. The fourth-order valence-electron chi connectivity index (χ4n) is 3.87. The first-order chi connectivity index (χ1) is 12.7. The topological polar surface area (TPSA) is 22.3 Å². The van der Waals surface area contributed by atoms with Crippen LogP contribution in [0, 0.1) is 0 Å². The molecule has 26 heavy (non-hydrogen) atoms. The van der Waals surface area contributed by atoms with Gasteiger partial charge in [-0.25, -0.2) is 0 Å². The van der Waals surface area contributed by atoms with Crippen molar-refractivity contribution in [2.45, 2.75) is 12.8 Å². The molecule has 1 N–H and O–H groups in total. The van der Waals surface area contributed by atoms with Gasteiger partial charge in [-0.05, 0) is 55.8 Å². The van der Waals surface area contributed by atoms with Crippen LogP contribution in [-0.4, -0.2) is 54.6 Å². The van der Waals surface area contributed by atoms with E-state index in [1.807, 2.05) is 12.1 Å². The Morgan fingerprint density at radius 1 is 0.962 bits per heavy atom. The van der Waals surface area contributed by atoms with Crippen LogP contribution in [-0.2, 0) is 6.42 Å². The third-order valence-corrected chi connectivity index (χ3v) is 5.70. The first-order valence-corrected chi connectivity index (χ1v) is 9.85. The minimum absolute atomic E-state index is 0.779. The highest BCUT2D eigenvalue weighted by molar-refractivity contribution is 6.30. The van der Waals surface area contributed by atoms with Crippen LogP contribution in [0.2, 0.25) is 5.02 Å². The van der Waals surface area contributed by atoms with Gasteiger partial charge in [-0.15, -0.1) is 0 Å². The Labute approximate surface area is 160 Å².